The molecule has 1 fully saturated rings. The number of amides is 1. The number of aryl methyl sites for hydroxylation is 1. The molecule has 5 nitrogen and oxygen atoms in total. The van der Waals surface area contributed by atoms with Crippen LogP contribution in [0.2, 0.25) is 0 Å². The van der Waals surface area contributed by atoms with Gasteiger partial charge in [0.15, 0.2) is 0 Å². The number of hydrogen-bond acceptors (Lipinski definition) is 5. The summed E-state index contributed by atoms with van der Waals surface area (Å²) in [6, 6.07) is 11.0. The second kappa shape index (κ2) is 7.66. The lowest BCUT2D eigenvalue weighted by atomic mass is 10.0. The summed E-state index contributed by atoms with van der Waals surface area (Å²) < 4.78 is 0. The number of anilines is 1. The lowest BCUT2D eigenvalue weighted by molar-refractivity contribution is -0.116. The van der Waals surface area contributed by atoms with Gasteiger partial charge in [-0.15, -0.1) is 10.2 Å². The number of benzene rings is 1. The topological polar surface area (TPSA) is 58.1 Å². The molecule has 1 N–H and O–H groups in total. The minimum atomic E-state index is 0.0162. The number of hydrogen-bond donors (Lipinski definition) is 1. The number of nitrogens with zero attached hydrogens (tertiary/aromatic N) is 3. The molecule has 0 aliphatic carbocycles. The van der Waals surface area contributed by atoms with Crippen LogP contribution in [0.4, 0.5) is 5.13 Å². The van der Waals surface area contributed by atoms with E-state index >= 15 is 0 Å². The molecule has 3 rings (SSSR count). The molecule has 1 aliphatic rings. The molecule has 23 heavy (non-hydrogen) atoms. The van der Waals surface area contributed by atoms with Gasteiger partial charge in [-0.3, -0.25) is 9.69 Å². The third-order valence-electron chi connectivity index (χ3n) is 4.19. The van der Waals surface area contributed by atoms with Gasteiger partial charge in [0.2, 0.25) is 11.0 Å². The fourth-order valence-corrected chi connectivity index (χ4v) is 3.72. The molecule has 0 radical (unpaired) electrons. The van der Waals surface area contributed by atoms with Crippen molar-refractivity contribution >= 4 is 22.4 Å². The van der Waals surface area contributed by atoms with Crippen LogP contribution in [-0.2, 0) is 11.2 Å². The van der Waals surface area contributed by atoms with Crippen molar-refractivity contribution in [2.75, 3.05) is 18.4 Å². The van der Waals surface area contributed by atoms with Crippen LogP contribution in [0.3, 0.4) is 0 Å². The molecule has 1 aliphatic heterocycles. The number of carbonyl (C=O) groups excluding carboxylic acids is 1. The summed E-state index contributed by atoms with van der Waals surface area (Å²) in [5, 5.41) is 12.4. The van der Waals surface area contributed by atoms with E-state index in [0.29, 0.717) is 17.6 Å². The van der Waals surface area contributed by atoms with Gasteiger partial charge in [0.05, 0.1) is 0 Å². The van der Waals surface area contributed by atoms with Crippen LogP contribution in [0.1, 0.15) is 42.8 Å². The molecule has 0 unspecified atom stereocenters. The lowest BCUT2D eigenvalue weighted by Gasteiger charge is -2.24. The molecule has 2 heterocycles. The predicted octanol–water partition coefficient (Wildman–Crippen LogP) is 3.27. The van der Waals surface area contributed by atoms with E-state index in [9.17, 15) is 4.79 Å². The Kier molecular flexibility index (Phi) is 5.35. The van der Waals surface area contributed by atoms with E-state index in [1.807, 2.05) is 13.0 Å². The van der Waals surface area contributed by atoms with Gasteiger partial charge in [0.1, 0.15) is 5.01 Å². The monoisotopic (exact) mass is 330 g/mol. The Morgan fingerprint density at radius 2 is 2.17 bits per heavy atom. The quantitative estimate of drug-likeness (QED) is 0.883. The Labute approximate surface area is 140 Å². The van der Waals surface area contributed by atoms with Crippen molar-refractivity contribution < 1.29 is 4.79 Å². The van der Waals surface area contributed by atoms with Crippen molar-refractivity contribution in [1.82, 2.24) is 15.1 Å². The highest BCUT2D eigenvalue weighted by molar-refractivity contribution is 7.15. The van der Waals surface area contributed by atoms with Crippen molar-refractivity contribution in [3.05, 3.63) is 40.9 Å². The minimum Gasteiger partial charge on any atom is -0.300 e. The smallest absolute Gasteiger partial charge is 0.227 e. The highest BCUT2D eigenvalue weighted by atomic mass is 32.1. The maximum atomic E-state index is 12.1. The summed E-state index contributed by atoms with van der Waals surface area (Å²) in [6.07, 6.45) is 3.70. The zero-order valence-electron chi connectivity index (χ0n) is 13.4. The van der Waals surface area contributed by atoms with E-state index in [-0.39, 0.29) is 5.91 Å². The van der Waals surface area contributed by atoms with Crippen LogP contribution < -0.4 is 5.32 Å². The van der Waals surface area contributed by atoms with Crippen molar-refractivity contribution in [3.8, 4) is 0 Å². The number of carbonyl (C=O) groups is 1. The average molecular weight is 330 g/mol. The molecule has 1 saturated heterocycles. The second-order valence-corrected chi connectivity index (χ2v) is 6.82. The van der Waals surface area contributed by atoms with Crippen LogP contribution in [0.15, 0.2) is 30.3 Å². The summed E-state index contributed by atoms with van der Waals surface area (Å²) >= 11 is 1.45. The summed E-state index contributed by atoms with van der Waals surface area (Å²) in [5.74, 6) is 0.0162. The molecule has 1 aromatic carbocycles. The Hall–Kier alpha value is -1.79. The summed E-state index contributed by atoms with van der Waals surface area (Å²) in [6.45, 7) is 3.87. The highest BCUT2D eigenvalue weighted by Gasteiger charge is 2.25. The third-order valence-corrected chi connectivity index (χ3v) is 5.17. The van der Waals surface area contributed by atoms with E-state index in [0.717, 1.165) is 24.5 Å². The highest BCUT2D eigenvalue weighted by Crippen LogP contribution is 2.31. The van der Waals surface area contributed by atoms with Crippen LogP contribution in [0.25, 0.3) is 0 Å². The fourth-order valence-electron chi connectivity index (χ4n) is 3.02. The predicted molar refractivity (Wildman–Crippen MR) is 92.5 cm³/mol. The van der Waals surface area contributed by atoms with E-state index < -0.39 is 0 Å². The van der Waals surface area contributed by atoms with Gasteiger partial charge in [-0.25, -0.2) is 0 Å². The first-order chi connectivity index (χ1) is 11.3. The number of likely N-dealkylation sites (tertiary alicyclic amines) is 1. The summed E-state index contributed by atoms with van der Waals surface area (Å²) in [4.78, 5) is 14.5. The first-order valence-electron chi connectivity index (χ1n) is 8.17. The molecule has 1 amide bonds. The van der Waals surface area contributed by atoms with E-state index in [1.54, 1.807) is 0 Å². The normalized spacial score (nSPS) is 18.2. The molecular formula is C17H22N4OS. The van der Waals surface area contributed by atoms with Gasteiger partial charge in [-0.05, 0) is 31.4 Å². The van der Waals surface area contributed by atoms with Crippen LogP contribution in [0, 0.1) is 0 Å². The molecule has 1 aromatic heterocycles. The number of aromatic nitrogens is 2. The Morgan fingerprint density at radius 1 is 1.35 bits per heavy atom. The van der Waals surface area contributed by atoms with Gasteiger partial charge in [0.25, 0.3) is 0 Å². The molecular weight excluding hydrogens is 308 g/mol. The zero-order valence-corrected chi connectivity index (χ0v) is 14.2. The van der Waals surface area contributed by atoms with Crippen molar-refractivity contribution in [2.24, 2.45) is 0 Å². The first-order valence-corrected chi connectivity index (χ1v) is 8.99. The van der Waals surface area contributed by atoms with Crippen LogP contribution in [0.5, 0.6) is 0 Å². The average Bonchev–Trinajstić information content (AvgIpc) is 3.22. The minimum absolute atomic E-state index is 0.0162. The maximum absolute atomic E-state index is 12.1. The van der Waals surface area contributed by atoms with Gasteiger partial charge < -0.3 is 5.32 Å². The van der Waals surface area contributed by atoms with Gasteiger partial charge >= 0.3 is 0 Å². The fraction of sp³-hybridized carbons (Fsp3) is 0.471. The van der Waals surface area contributed by atoms with Crippen molar-refractivity contribution in [1.29, 1.82) is 0 Å². The van der Waals surface area contributed by atoms with Crippen molar-refractivity contribution in [3.63, 3.8) is 0 Å². The Morgan fingerprint density at radius 3 is 2.91 bits per heavy atom. The SMILES string of the molecule is CCc1nnc(NC(=O)CCN2CCC[C@H]2c2ccccc2)s1. The van der Waals surface area contributed by atoms with Crippen LogP contribution >= 0.6 is 11.3 Å². The Bertz CT molecular complexity index is 643. The van der Waals surface area contributed by atoms with Crippen molar-refractivity contribution in [2.45, 2.75) is 38.6 Å². The molecule has 0 bridgehead atoms. The molecule has 0 saturated carbocycles. The Balaban J connectivity index is 1.52. The first kappa shape index (κ1) is 16.1. The van der Waals surface area contributed by atoms with Crippen LogP contribution in [-0.4, -0.2) is 34.1 Å². The molecule has 122 valence electrons. The number of rotatable bonds is 6. The number of nitrogens with one attached hydrogen (secondary N) is 1. The third kappa shape index (κ3) is 4.14. The molecule has 6 heteroatoms. The summed E-state index contributed by atoms with van der Waals surface area (Å²) in [5.41, 5.74) is 1.35. The molecule has 1 atom stereocenters. The maximum Gasteiger partial charge on any atom is 0.227 e. The van der Waals surface area contributed by atoms with Gasteiger partial charge in [-0.1, -0.05) is 48.6 Å². The second-order valence-electron chi connectivity index (χ2n) is 5.76. The van der Waals surface area contributed by atoms with E-state index in [2.05, 4.69) is 44.7 Å². The lowest BCUT2D eigenvalue weighted by Crippen LogP contribution is -2.27. The molecule has 2 aromatic rings. The molecule has 0 spiro atoms. The zero-order chi connectivity index (χ0) is 16.1. The largest absolute Gasteiger partial charge is 0.300 e. The van der Waals surface area contributed by atoms with Gasteiger partial charge in [0, 0.05) is 19.0 Å². The standard InChI is InChI=1S/C17H22N4OS/c1-2-16-19-20-17(23-16)18-15(22)10-12-21-11-6-9-14(21)13-7-4-3-5-8-13/h3-5,7-8,14H,2,6,9-12H2,1H3,(H,18,20,22)/t14-/m0/s1. The van der Waals surface area contributed by atoms with Gasteiger partial charge in [-0.2, -0.15) is 0 Å². The van der Waals surface area contributed by atoms with E-state index in [4.69, 9.17) is 0 Å². The van der Waals surface area contributed by atoms with E-state index in [1.165, 1.54) is 29.7 Å². The summed E-state index contributed by atoms with van der Waals surface area (Å²) in [7, 11) is 0.